The molecule has 2 N–H and O–H groups in total. The normalized spacial score (nSPS) is 23.1. The number of aliphatic hydroxyl groups excluding tert-OH is 1. The second-order valence-corrected chi connectivity index (χ2v) is 10.1. The number of pyridine rings is 1. The van der Waals surface area contributed by atoms with Crippen molar-refractivity contribution in [2.75, 3.05) is 6.26 Å². The number of thiazole rings is 1. The molecule has 0 aromatic carbocycles. The van der Waals surface area contributed by atoms with E-state index in [9.17, 15) is 24.6 Å². The number of thioether (sulfide) groups is 1. The Morgan fingerprint density at radius 3 is 2.73 bits per heavy atom. The van der Waals surface area contributed by atoms with E-state index in [1.807, 2.05) is 13.2 Å². The van der Waals surface area contributed by atoms with Gasteiger partial charge in [0.15, 0.2) is 0 Å². The molecule has 0 saturated carbocycles. The van der Waals surface area contributed by atoms with Crippen molar-refractivity contribution in [1.82, 2.24) is 19.3 Å². The summed E-state index contributed by atoms with van der Waals surface area (Å²) in [5, 5.41) is 19.9. The Hall–Kier alpha value is -3.02. The molecule has 1 fully saturated rings. The van der Waals surface area contributed by atoms with Gasteiger partial charge in [0.25, 0.3) is 0 Å². The van der Waals surface area contributed by atoms with Gasteiger partial charge in [0.05, 0.1) is 22.9 Å². The lowest BCUT2D eigenvalue weighted by atomic mass is 9.77. The van der Waals surface area contributed by atoms with Gasteiger partial charge in [-0.2, -0.15) is 0 Å². The highest BCUT2D eigenvalue weighted by Crippen LogP contribution is 2.51. The summed E-state index contributed by atoms with van der Waals surface area (Å²) in [7, 11) is 0. The predicted octanol–water partition coefficient (Wildman–Crippen LogP) is 2.40. The zero-order valence-corrected chi connectivity index (χ0v) is 19.6. The third-order valence-electron chi connectivity index (χ3n) is 6.28. The minimum absolute atomic E-state index is 0.0587. The molecule has 4 atom stereocenters. The number of aliphatic carboxylic acids is 1. The fourth-order valence-electron chi connectivity index (χ4n) is 4.76. The second kappa shape index (κ2) is 7.79. The molecule has 33 heavy (non-hydrogen) atoms. The number of carbonyl (C=O) groups excluding carboxylic acids is 2. The zero-order valence-electron chi connectivity index (χ0n) is 17.9. The molecule has 11 heteroatoms. The van der Waals surface area contributed by atoms with E-state index in [4.69, 9.17) is 0 Å². The summed E-state index contributed by atoms with van der Waals surface area (Å²) in [4.78, 5) is 49.6. The number of amides is 1. The average molecular weight is 485 g/mol. The molecule has 3 aromatic rings. The number of β-lactam (4-membered cyclic amide) rings is 1. The van der Waals surface area contributed by atoms with Gasteiger partial charge in [-0.15, -0.1) is 23.1 Å². The number of aromatic nitrogens is 3. The summed E-state index contributed by atoms with van der Waals surface area (Å²) in [5.74, 6) is -2.76. The molecule has 2 aliphatic heterocycles. The van der Waals surface area contributed by atoms with Gasteiger partial charge in [-0.25, -0.2) is 9.78 Å². The average Bonchev–Trinajstić information content (AvgIpc) is 3.42. The fraction of sp³-hybridized carbons (Fsp3) is 0.318. The summed E-state index contributed by atoms with van der Waals surface area (Å²) in [5.41, 5.74) is 1.15. The first-order valence-corrected chi connectivity index (χ1v) is 12.3. The lowest BCUT2D eigenvalue weighted by Crippen LogP contribution is -2.63. The highest BCUT2D eigenvalue weighted by molar-refractivity contribution is 7.98. The molecule has 5 rings (SSSR count). The van der Waals surface area contributed by atoms with Crippen LogP contribution in [0.2, 0.25) is 0 Å². The van der Waals surface area contributed by atoms with Crippen LogP contribution < -0.4 is 0 Å². The summed E-state index contributed by atoms with van der Waals surface area (Å²) in [6.07, 6.45) is 7.47. The van der Waals surface area contributed by atoms with Gasteiger partial charge in [-0.1, -0.05) is 6.92 Å². The van der Waals surface area contributed by atoms with Gasteiger partial charge < -0.3 is 15.1 Å². The van der Waals surface area contributed by atoms with E-state index >= 15 is 0 Å². The number of hydrogen-bond acceptors (Lipinski definition) is 8. The van der Waals surface area contributed by atoms with Crippen LogP contribution >= 0.6 is 23.1 Å². The Kier molecular flexibility index (Phi) is 5.15. The second-order valence-electron chi connectivity index (χ2n) is 8.16. The number of hydrogen-bond donors (Lipinski definition) is 2. The first-order chi connectivity index (χ1) is 15.7. The number of aliphatic hydroxyl groups is 1. The maximum Gasteiger partial charge on any atom is 0.352 e. The van der Waals surface area contributed by atoms with Crippen LogP contribution in [0.5, 0.6) is 0 Å². The van der Waals surface area contributed by atoms with E-state index in [1.165, 1.54) is 40.5 Å². The number of carbonyl (C=O) groups is 3. The van der Waals surface area contributed by atoms with Gasteiger partial charge in [-0.3, -0.25) is 19.0 Å². The Morgan fingerprint density at radius 1 is 1.30 bits per heavy atom. The Labute approximate surface area is 196 Å². The van der Waals surface area contributed by atoms with Gasteiger partial charge in [-0.05, 0) is 19.2 Å². The lowest BCUT2D eigenvalue weighted by Gasteiger charge is -2.46. The standard InChI is InChI=1S/C22H20N4O5S2/c1-9-14(18(22(30)31)26-17(9)15(10(2)27)20(26)29)13-7-25-8-24-16(21(25)33-13)19(28)11-4-12(32-3)6-23-5-11/h4-10,15,17,27H,1-3H3,(H,30,31)/t9-,10+,15+,17+/m0/s1. The topological polar surface area (TPSA) is 125 Å². The van der Waals surface area contributed by atoms with Crippen LogP contribution in [0, 0.1) is 11.8 Å². The highest BCUT2D eigenvalue weighted by atomic mass is 32.2. The maximum atomic E-state index is 13.1. The van der Waals surface area contributed by atoms with Gasteiger partial charge >= 0.3 is 5.97 Å². The smallest absolute Gasteiger partial charge is 0.352 e. The number of carboxylic acid groups (broad SMARTS) is 1. The summed E-state index contributed by atoms with van der Waals surface area (Å²) in [6, 6.07) is 1.36. The molecule has 0 bridgehead atoms. The van der Waals surface area contributed by atoms with E-state index in [0.29, 0.717) is 20.8 Å². The quantitative estimate of drug-likeness (QED) is 0.310. The fourth-order valence-corrected chi connectivity index (χ4v) is 6.39. The molecular formula is C22H20N4O5S2. The Bertz CT molecular complexity index is 1360. The number of rotatable bonds is 6. The zero-order chi connectivity index (χ0) is 23.6. The molecule has 9 nitrogen and oxygen atoms in total. The first kappa shape index (κ1) is 21.8. The Balaban J connectivity index is 1.58. The van der Waals surface area contributed by atoms with Crippen molar-refractivity contribution in [2.45, 2.75) is 30.9 Å². The van der Waals surface area contributed by atoms with Crippen LogP contribution in [-0.4, -0.2) is 65.5 Å². The molecule has 2 aliphatic rings. The van der Waals surface area contributed by atoms with E-state index in [0.717, 1.165) is 4.90 Å². The van der Waals surface area contributed by atoms with Crippen molar-refractivity contribution in [3.8, 4) is 0 Å². The predicted molar refractivity (Wildman–Crippen MR) is 122 cm³/mol. The van der Waals surface area contributed by atoms with Crippen LogP contribution in [0.25, 0.3) is 10.4 Å². The summed E-state index contributed by atoms with van der Waals surface area (Å²) >= 11 is 2.75. The van der Waals surface area contributed by atoms with E-state index < -0.39 is 24.0 Å². The molecule has 5 heterocycles. The van der Waals surface area contributed by atoms with Gasteiger partial charge in [0.2, 0.25) is 11.7 Å². The monoisotopic (exact) mass is 484 g/mol. The van der Waals surface area contributed by atoms with Crippen molar-refractivity contribution < 1.29 is 24.6 Å². The molecule has 3 aromatic heterocycles. The highest BCUT2D eigenvalue weighted by Gasteiger charge is 2.60. The first-order valence-electron chi connectivity index (χ1n) is 10.2. The third kappa shape index (κ3) is 3.14. The molecular weight excluding hydrogens is 464 g/mol. The molecule has 0 radical (unpaired) electrons. The summed E-state index contributed by atoms with van der Waals surface area (Å²) in [6.45, 7) is 3.41. The largest absolute Gasteiger partial charge is 0.477 e. The van der Waals surface area contributed by atoms with E-state index in [2.05, 4.69) is 9.97 Å². The van der Waals surface area contributed by atoms with Crippen LogP contribution in [0.1, 0.15) is 34.8 Å². The lowest BCUT2D eigenvalue weighted by molar-refractivity contribution is -0.163. The molecule has 0 spiro atoms. The van der Waals surface area contributed by atoms with E-state index in [-0.39, 0.29) is 29.0 Å². The maximum absolute atomic E-state index is 13.1. The molecule has 1 amide bonds. The van der Waals surface area contributed by atoms with Crippen LogP contribution in [0.3, 0.4) is 0 Å². The Morgan fingerprint density at radius 2 is 2.06 bits per heavy atom. The number of nitrogens with zero attached hydrogens (tertiary/aromatic N) is 4. The molecule has 170 valence electrons. The summed E-state index contributed by atoms with van der Waals surface area (Å²) < 4.78 is 1.70. The minimum Gasteiger partial charge on any atom is -0.477 e. The SMILES string of the molecule is CSc1cncc(C(=O)c2ncn3cc(C4=C(C(=O)O)N5C(=O)[C@H]([C@@H](C)O)[C@H]5[C@H]4C)sc23)c1. The van der Waals surface area contributed by atoms with Crippen molar-refractivity contribution in [3.05, 3.63) is 52.8 Å². The number of fused-ring (bicyclic) bond motifs is 2. The molecule has 0 unspecified atom stereocenters. The third-order valence-corrected chi connectivity index (χ3v) is 8.11. The minimum atomic E-state index is -1.19. The molecule has 1 saturated heterocycles. The number of ketones is 1. The number of carboxylic acids is 1. The van der Waals surface area contributed by atoms with Crippen molar-refractivity contribution in [2.24, 2.45) is 11.8 Å². The van der Waals surface area contributed by atoms with Crippen LogP contribution in [-0.2, 0) is 9.59 Å². The van der Waals surface area contributed by atoms with Crippen LogP contribution in [0.15, 0.2) is 41.6 Å². The van der Waals surface area contributed by atoms with E-state index in [1.54, 1.807) is 29.8 Å². The van der Waals surface area contributed by atoms with Crippen molar-refractivity contribution >= 4 is 51.2 Å². The van der Waals surface area contributed by atoms with Gasteiger partial charge in [0.1, 0.15) is 22.5 Å². The van der Waals surface area contributed by atoms with Crippen molar-refractivity contribution in [1.29, 1.82) is 0 Å². The number of imidazole rings is 1. The van der Waals surface area contributed by atoms with Crippen LogP contribution in [0.4, 0.5) is 0 Å². The van der Waals surface area contributed by atoms with Crippen molar-refractivity contribution in [3.63, 3.8) is 0 Å². The van der Waals surface area contributed by atoms with Gasteiger partial charge in [0, 0.05) is 40.5 Å². The molecule has 0 aliphatic carbocycles.